The van der Waals surface area contributed by atoms with Crippen LogP contribution in [0.3, 0.4) is 0 Å². The fraction of sp³-hybridized carbons (Fsp3) is 0.833. The molecule has 1 N–H and O–H groups in total. The molecule has 0 aromatic carbocycles. The summed E-state index contributed by atoms with van der Waals surface area (Å²) in [6, 6.07) is -0.264. The number of hydrogen-bond acceptors (Lipinski definition) is 5. The topological polar surface area (TPSA) is 67.9 Å². The molecule has 0 aliphatic carbocycles. The largest absolute Gasteiger partial charge is 0.468 e. The number of nitrogens with one attached hydrogen (secondary N) is 1. The molecule has 102 valence electrons. The van der Waals surface area contributed by atoms with Crippen molar-refractivity contribution in [3.63, 3.8) is 0 Å². The summed E-state index contributed by atoms with van der Waals surface area (Å²) < 4.78 is 10.1. The molecular weight excluding hydrogens is 236 g/mol. The van der Waals surface area contributed by atoms with E-state index in [0.29, 0.717) is 26.2 Å². The van der Waals surface area contributed by atoms with Gasteiger partial charge in [-0.25, -0.2) is 0 Å². The number of morpholine rings is 1. The number of nitrogens with zero attached hydrogens (tertiary/aromatic N) is 1. The van der Waals surface area contributed by atoms with E-state index in [9.17, 15) is 9.59 Å². The number of hydrogen-bond donors (Lipinski definition) is 1. The van der Waals surface area contributed by atoms with Crippen LogP contribution < -0.4 is 5.32 Å². The SMILES string of the molecule is COC(=O)C1COCCN1C1CCCNC(=O)C1. The summed E-state index contributed by atoms with van der Waals surface area (Å²) in [4.78, 5) is 25.4. The molecule has 0 aromatic rings. The van der Waals surface area contributed by atoms with Crippen molar-refractivity contribution in [1.82, 2.24) is 10.2 Å². The first-order valence-corrected chi connectivity index (χ1v) is 6.40. The maximum atomic E-state index is 11.7. The minimum Gasteiger partial charge on any atom is -0.468 e. The lowest BCUT2D eigenvalue weighted by molar-refractivity contribution is -0.156. The first kappa shape index (κ1) is 13.3. The Morgan fingerprint density at radius 2 is 2.39 bits per heavy atom. The molecule has 2 aliphatic rings. The molecule has 2 aliphatic heterocycles. The fourth-order valence-electron chi connectivity index (χ4n) is 2.63. The predicted octanol–water partition coefficient (Wildman–Crippen LogP) is -0.471. The van der Waals surface area contributed by atoms with Crippen LogP contribution in [0.15, 0.2) is 0 Å². The van der Waals surface area contributed by atoms with Gasteiger partial charge in [0.15, 0.2) is 0 Å². The van der Waals surface area contributed by atoms with Gasteiger partial charge in [-0.1, -0.05) is 0 Å². The highest BCUT2D eigenvalue weighted by Gasteiger charge is 2.36. The Kier molecular flexibility index (Phi) is 4.54. The van der Waals surface area contributed by atoms with Crippen LogP contribution in [-0.4, -0.2) is 62.3 Å². The third-order valence-electron chi connectivity index (χ3n) is 3.57. The van der Waals surface area contributed by atoms with E-state index >= 15 is 0 Å². The lowest BCUT2D eigenvalue weighted by Gasteiger charge is -2.38. The van der Waals surface area contributed by atoms with Crippen LogP contribution in [0.25, 0.3) is 0 Å². The van der Waals surface area contributed by atoms with Gasteiger partial charge in [-0.2, -0.15) is 0 Å². The maximum absolute atomic E-state index is 11.7. The fourth-order valence-corrected chi connectivity index (χ4v) is 2.63. The number of rotatable bonds is 2. The van der Waals surface area contributed by atoms with E-state index < -0.39 is 0 Å². The number of ether oxygens (including phenoxy) is 2. The highest BCUT2D eigenvalue weighted by molar-refractivity contribution is 5.78. The summed E-state index contributed by atoms with van der Waals surface area (Å²) in [5.74, 6) is -0.216. The lowest BCUT2D eigenvalue weighted by Crippen LogP contribution is -2.55. The Morgan fingerprint density at radius 3 is 3.17 bits per heavy atom. The predicted molar refractivity (Wildman–Crippen MR) is 64.0 cm³/mol. The van der Waals surface area contributed by atoms with Gasteiger partial charge in [-0.3, -0.25) is 14.5 Å². The number of carbonyl (C=O) groups excluding carboxylic acids is 2. The second-order valence-electron chi connectivity index (χ2n) is 4.70. The zero-order chi connectivity index (χ0) is 13.0. The Hall–Kier alpha value is -1.14. The average Bonchev–Trinajstić information content (AvgIpc) is 2.62. The third kappa shape index (κ3) is 3.00. The van der Waals surface area contributed by atoms with E-state index in [2.05, 4.69) is 10.2 Å². The highest BCUT2D eigenvalue weighted by atomic mass is 16.5. The average molecular weight is 256 g/mol. The van der Waals surface area contributed by atoms with Crippen molar-refractivity contribution in [2.24, 2.45) is 0 Å². The van der Waals surface area contributed by atoms with Crippen LogP contribution in [0, 0.1) is 0 Å². The van der Waals surface area contributed by atoms with E-state index in [1.807, 2.05) is 0 Å². The summed E-state index contributed by atoms with van der Waals surface area (Å²) in [6.45, 7) is 2.36. The molecular formula is C12H20N2O4. The minimum absolute atomic E-state index is 0.0626. The molecule has 0 aromatic heterocycles. The first-order chi connectivity index (χ1) is 8.72. The van der Waals surface area contributed by atoms with Crippen molar-refractivity contribution in [2.45, 2.75) is 31.3 Å². The number of methoxy groups -OCH3 is 1. The van der Waals surface area contributed by atoms with Crippen LogP contribution in [0.5, 0.6) is 0 Å². The zero-order valence-corrected chi connectivity index (χ0v) is 10.7. The molecule has 2 saturated heterocycles. The van der Waals surface area contributed by atoms with Gasteiger partial charge in [0, 0.05) is 25.6 Å². The zero-order valence-electron chi connectivity index (χ0n) is 10.7. The van der Waals surface area contributed by atoms with Gasteiger partial charge in [-0.05, 0) is 12.8 Å². The quantitative estimate of drug-likeness (QED) is 0.676. The maximum Gasteiger partial charge on any atom is 0.325 e. The minimum atomic E-state index is -0.375. The summed E-state index contributed by atoms with van der Waals surface area (Å²) in [5.41, 5.74) is 0. The smallest absolute Gasteiger partial charge is 0.325 e. The molecule has 0 radical (unpaired) electrons. The molecule has 1 amide bonds. The van der Waals surface area contributed by atoms with Crippen LogP contribution in [-0.2, 0) is 19.1 Å². The molecule has 2 fully saturated rings. The van der Waals surface area contributed by atoms with Gasteiger partial charge in [0.1, 0.15) is 6.04 Å². The van der Waals surface area contributed by atoms with Gasteiger partial charge < -0.3 is 14.8 Å². The van der Waals surface area contributed by atoms with Crippen molar-refractivity contribution in [1.29, 1.82) is 0 Å². The monoisotopic (exact) mass is 256 g/mol. The van der Waals surface area contributed by atoms with Gasteiger partial charge in [0.2, 0.25) is 5.91 Å². The molecule has 6 heteroatoms. The van der Waals surface area contributed by atoms with Crippen molar-refractivity contribution >= 4 is 11.9 Å². The van der Waals surface area contributed by atoms with E-state index in [1.165, 1.54) is 7.11 Å². The molecule has 2 atom stereocenters. The van der Waals surface area contributed by atoms with Crippen molar-refractivity contribution in [3.05, 3.63) is 0 Å². The molecule has 0 bridgehead atoms. The van der Waals surface area contributed by atoms with E-state index in [1.54, 1.807) is 0 Å². The second-order valence-corrected chi connectivity index (χ2v) is 4.70. The van der Waals surface area contributed by atoms with Crippen LogP contribution in [0.2, 0.25) is 0 Å². The third-order valence-corrected chi connectivity index (χ3v) is 3.57. The summed E-state index contributed by atoms with van der Waals surface area (Å²) in [5, 5.41) is 2.86. The molecule has 18 heavy (non-hydrogen) atoms. The van der Waals surface area contributed by atoms with Crippen molar-refractivity contribution in [3.8, 4) is 0 Å². The van der Waals surface area contributed by atoms with Crippen LogP contribution >= 0.6 is 0 Å². The van der Waals surface area contributed by atoms with Gasteiger partial charge in [-0.15, -0.1) is 0 Å². The van der Waals surface area contributed by atoms with E-state index in [0.717, 1.165) is 19.4 Å². The Balaban J connectivity index is 2.07. The summed E-state index contributed by atoms with van der Waals surface area (Å²) >= 11 is 0. The number of amides is 1. The Bertz CT molecular complexity index is 321. The molecule has 6 nitrogen and oxygen atoms in total. The Morgan fingerprint density at radius 1 is 1.56 bits per heavy atom. The van der Waals surface area contributed by atoms with Crippen LogP contribution in [0.4, 0.5) is 0 Å². The molecule has 2 rings (SSSR count). The number of esters is 1. The standard InChI is InChI=1S/C12H20N2O4/c1-17-12(16)10-8-18-6-5-14(10)9-3-2-4-13-11(15)7-9/h9-10H,2-8H2,1H3,(H,13,15). The molecule has 0 spiro atoms. The van der Waals surface area contributed by atoms with Crippen molar-refractivity contribution < 1.29 is 19.1 Å². The summed E-state index contributed by atoms with van der Waals surface area (Å²) in [6.07, 6.45) is 2.32. The summed E-state index contributed by atoms with van der Waals surface area (Å²) in [7, 11) is 1.38. The molecule has 2 unspecified atom stereocenters. The second kappa shape index (κ2) is 6.15. The lowest BCUT2D eigenvalue weighted by atomic mass is 10.0. The van der Waals surface area contributed by atoms with Crippen molar-refractivity contribution in [2.75, 3.05) is 33.4 Å². The van der Waals surface area contributed by atoms with E-state index in [-0.39, 0.29) is 24.0 Å². The van der Waals surface area contributed by atoms with Crippen LogP contribution in [0.1, 0.15) is 19.3 Å². The number of carbonyl (C=O) groups is 2. The van der Waals surface area contributed by atoms with Gasteiger partial charge >= 0.3 is 5.97 Å². The molecule has 0 saturated carbocycles. The highest BCUT2D eigenvalue weighted by Crippen LogP contribution is 2.20. The molecule has 2 heterocycles. The van der Waals surface area contributed by atoms with Gasteiger partial charge in [0.05, 0.1) is 20.3 Å². The Labute approximate surface area is 107 Å². The van der Waals surface area contributed by atoms with E-state index in [4.69, 9.17) is 9.47 Å². The normalized spacial score (nSPS) is 30.4. The first-order valence-electron chi connectivity index (χ1n) is 6.40. The van der Waals surface area contributed by atoms with Gasteiger partial charge in [0.25, 0.3) is 0 Å².